The predicted octanol–water partition coefficient (Wildman–Crippen LogP) is 4.75. The van der Waals surface area contributed by atoms with Crippen LogP contribution in [0.4, 0.5) is 22.7 Å². The van der Waals surface area contributed by atoms with Crippen LogP contribution < -0.4 is 20.9 Å². The largest absolute Gasteiger partial charge is 0.376 e. The van der Waals surface area contributed by atoms with Crippen LogP contribution in [-0.4, -0.2) is 30.8 Å². The van der Waals surface area contributed by atoms with E-state index in [1.165, 1.54) is 0 Å². The van der Waals surface area contributed by atoms with Crippen LogP contribution in [0.25, 0.3) is 0 Å². The summed E-state index contributed by atoms with van der Waals surface area (Å²) in [6.45, 7) is 4.27. The van der Waals surface area contributed by atoms with Gasteiger partial charge in [0, 0.05) is 41.3 Å². The molecule has 0 aliphatic carbocycles. The fourth-order valence-electron chi connectivity index (χ4n) is 3.28. The Morgan fingerprint density at radius 1 is 0.727 bits per heavy atom. The zero-order valence-electron chi connectivity index (χ0n) is 18.8. The van der Waals surface area contributed by atoms with Gasteiger partial charge in [-0.05, 0) is 55.5 Å². The molecule has 7 heteroatoms. The Bertz CT molecular complexity index is 1120. The summed E-state index contributed by atoms with van der Waals surface area (Å²) in [5.74, 6) is -0.463. The third-order valence-corrected chi connectivity index (χ3v) is 4.94. The lowest BCUT2D eigenvalue weighted by molar-refractivity contribution is -0.116. The highest BCUT2D eigenvalue weighted by Crippen LogP contribution is 2.19. The number of nitrogens with one attached hydrogen (secondary N) is 3. The Morgan fingerprint density at radius 2 is 1.36 bits per heavy atom. The molecule has 0 saturated heterocycles. The summed E-state index contributed by atoms with van der Waals surface area (Å²) in [6, 6.07) is 23.5. The van der Waals surface area contributed by atoms with Gasteiger partial charge in [0.15, 0.2) is 0 Å². The lowest BCUT2D eigenvalue weighted by atomic mass is 10.1. The third kappa shape index (κ3) is 6.67. The molecule has 3 N–H and O–H groups in total. The molecular weight excluding hydrogens is 416 g/mol. The van der Waals surface area contributed by atoms with Crippen LogP contribution in [0.1, 0.15) is 30.6 Å². The summed E-state index contributed by atoms with van der Waals surface area (Å²) in [5.41, 5.74) is 3.23. The van der Waals surface area contributed by atoms with Crippen molar-refractivity contribution in [3.8, 4) is 0 Å². The number of hydrogen-bond acceptors (Lipinski definition) is 4. The average molecular weight is 445 g/mol. The van der Waals surface area contributed by atoms with Crippen molar-refractivity contribution >= 4 is 40.5 Å². The van der Waals surface area contributed by atoms with E-state index in [2.05, 4.69) is 16.0 Å². The molecule has 0 atom stereocenters. The summed E-state index contributed by atoms with van der Waals surface area (Å²) in [7, 11) is 0. The molecule has 0 spiro atoms. The number of rotatable bonds is 9. The van der Waals surface area contributed by atoms with Crippen molar-refractivity contribution in [2.75, 3.05) is 33.9 Å². The molecule has 0 fully saturated rings. The van der Waals surface area contributed by atoms with Crippen LogP contribution in [-0.2, 0) is 9.59 Å². The smallest absolute Gasteiger partial charge is 0.258 e. The number of carbonyl (C=O) groups excluding carboxylic acids is 3. The lowest BCUT2D eigenvalue weighted by Crippen LogP contribution is -2.30. The van der Waals surface area contributed by atoms with E-state index in [0.29, 0.717) is 35.6 Å². The molecule has 0 radical (unpaired) electrons. The van der Waals surface area contributed by atoms with Gasteiger partial charge >= 0.3 is 0 Å². The highest BCUT2D eigenvalue weighted by Gasteiger charge is 2.16. The Balaban J connectivity index is 1.61. The lowest BCUT2D eigenvalue weighted by Gasteiger charge is -2.21. The van der Waals surface area contributed by atoms with Gasteiger partial charge in [0.1, 0.15) is 0 Å². The first-order chi connectivity index (χ1) is 16.0. The van der Waals surface area contributed by atoms with Crippen molar-refractivity contribution in [1.29, 1.82) is 0 Å². The monoisotopic (exact) mass is 444 g/mol. The van der Waals surface area contributed by atoms with Crippen molar-refractivity contribution in [3.63, 3.8) is 0 Å². The highest BCUT2D eigenvalue weighted by molar-refractivity contribution is 6.07. The minimum Gasteiger partial charge on any atom is -0.376 e. The SMILES string of the molecule is CCC(=O)Nc1cccc(NCC(=O)Nc2cccc(C(=O)N(CC)c3ccccc3)c2)c1. The molecule has 0 bridgehead atoms. The second-order valence-corrected chi connectivity index (χ2v) is 7.35. The van der Waals surface area contributed by atoms with Gasteiger partial charge in [-0.3, -0.25) is 14.4 Å². The van der Waals surface area contributed by atoms with Crippen LogP contribution in [0.2, 0.25) is 0 Å². The maximum atomic E-state index is 13.0. The Labute approximate surface area is 193 Å². The van der Waals surface area contributed by atoms with Crippen LogP contribution in [0.15, 0.2) is 78.9 Å². The molecule has 170 valence electrons. The van der Waals surface area contributed by atoms with E-state index in [1.807, 2.05) is 43.3 Å². The zero-order valence-corrected chi connectivity index (χ0v) is 18.8. The Morgan fingerprint density at radius 3 is 2.06 bits per heavy atom. The topological polar surface area (TPSA) is 90.5 Å². The Kier molecular flexibility index (Phi) is 8.18. The van der Waals surface area contributed by atoms with E-state index >= 15 is 0 Å². The van der Waals surface area contributed by atoms with Crippen LogP contribution in [0.3, 0.4) is 0 Å². The van der Waals surface area contributed by atoms with E-state index < -0.39 is 0 Å². The molecule has 3 amide bonds. The molecule has 3 aromatic carbocycles. The van der Waals surface area contributed by atoms with Crippen molar-refractivity contribution in [2.24, 2.45) is 0 Å². The first-order valence-electron chi connectivity index (χ1n) is 10.9. The first-order valence-corrected chi connectivity index (χ1v) is 10.9. The quantitative estimate of drug-likeness (QED) is 0.444. The molecule has 3 aromatic rings. The van der Waals surface area contributed by atoms with Crippen molar-refractivity contribution in [3.05, 3.63) is 84.4 Å². The molecule has 7 nitrogen and oxygen atoms in total. The fourth-order valence-corrected chi connectivity index (χ4v) is 3.28. The normalized spacial score (nSPS) is 10.2. The second kappa shape index (κ2) is 11.5. The van der Waals surface area contributed by atoms with Gasteiger partial charge in [-0.15, -0.1) is 0 Å². The molecule has 0 aliphatic rings. The summed E-state index contributed by atoms with van der Waals surface area (Å²) in [6.07, 6.45) is 0.392. The van der Waals surface area contributed by atoms with Gasteiger partial charge in [-0.2, -0.15) is 0 Å². The minimum atomic E-state index is -0.252. The van der Waals surface area contributed by atoms with E-state index in [1.54, 1.807) is 54.3 Å². The first kappa shape index (κ1) is 23.5. The average Bonchev–Trinajstić information content (AvgIpc) is 2.84. The van der Waals surface area contributed by atoms with Crippen molar-refractivity contribution < 1.29 is 14.4 Å². The van der Waals surface area contributed by atoms with Gasteiger partial charge in [0.2, 0.25) is 11.8 Å². The van der Waals surface area contributed by atoms with Crippen molar-refractivity contribution in [2.45, 2.75) is 20.3 Å². The molecule has 0 saturated carbocycles. The third-order valence-electron chi connectivity index (χ3n) is 4.94. The number of para-hydroxylation sites is 1. The summed E-state index contributed by atoms with van der Waals surface area (Å²) in [4.78, 5) is 38.7. The number of anilines is 4. The number of amides is 3. The molecule has 0 unspecified atom stereocenters. The standard InChI is InChI=1S/C26H28N4O3/c1-3-24(31)28-22-13-9-11-20(17-22)27-18-25(32)29-21-12-8-10-19(16-21)26(33)30(4-2)23-14-6-5-7-15-23/h5-17,27H,3-4,18H2,1-2H3,(H,28,31)(H,29,32). The molecule has 33 heavy (non-hydrogen) atoms. The minimum absolute atomic E-state index is 0.0362. The maximum absolute atomic E-state index is 13.0. The number of carbonyl (C=O) groups is 3. The van der Waals surface area contributed by atoms with Gasteiger partial charge in [-0.1, -0.05) is 37.3 Å². The van der Waals surface area contributed by atoms with E-state index in [-0.39, 0.29) is 24.3 Å². The summed E-state index contributed by atoms with van der Waals surface area (Å²) in [5, 5.41) is 8.65. The van der Waals surface area contributed by atoms with Crippen molar-refractivity contribution in [1.82, 2.24) is 0 Å². The van der Waals surface area contributed by atoms with Crippen LogP contribution >= 0.6 is 0 Å². The summed E-state index contributed by atoms with van der Waals surface area (Å²) < 4.78 is 0. The molecule has 0 aromatic heterocycles. The zero-order chi connectivity index (χ0) is 23.6. The van der Waals surface area contributed by atoms with Gasteiger partial charge in [0.25, 0.3) is 5.91 Å². The van der Waals surface area contributed by atoms with Crippen LogP contribution in [0, 0.1) is 0 Å². The maximum Gasteiger partial charge on any atom is 0.258 e. The van der Waals surface area contributed by atoms with E-state index in [9.17, 15) is 14.4 Å². The number of benzene rings is 3. The van der Waals surface area contributed by atoms with E-state index in [0.717, 1.165) is 5.69 Å². The number of hydrogen-bond donors (Lipinski definition) is 3. The van der Waals surface area contributed by atoms with Crippen LogP contribution in [0.5, 0.6) is 0 Å². The molecule has 0 aliphatic heterocycles. The Hall–Kier alpha value is -4.13. The molecule has 3 rings (SSSR count). The van der Waals surface area contributed by atoms with Gasteiger partial charge in [-0.25, -0.2) is 0 Å². The predicted molar refractivity (Wildman–Crippen MR) is 133 cm³/mol. The second-order valence-electron chi connectivity index (χ2n) is 7.35. The van der Waals surface area contributed by atoms with E-state index in [4.69, 9.17) is 0 Å². The van der Waals surface area contributed by atoms with Gasteiger partial charge in [0.05, 0.1) is 6.54 Å². The highest BCUT2D eigenvalue weighted by atomic mass is 16.2. The molecular formula is C26H28N4O3. The fraction of sp³-hybridized carbons (Fsp3) is 0.192. The molecule has 0 heterocycles. The summed E-state index contributed by atoms with van der Waals surface area (Å²) >= 11 is 0. The van der Waals surface area contributed by atoms with Gasteiger partial charge < -0.3 is 20.9 Å². The number of nitrogens with zero attached hydrogens (tertiary/aromatic N) is 1.